The molecule has 0 amide bonds. The van der Waals surface area contributed by atoms with Gasteiger partial charge in [-0.2, -0.15) is 0 Å². The van der Waals surface area contributed by atoms with Gasteiger partial charge in [0.25, 0.3) is 0 Å². The number of fused-ring (bicyclic) bond motifs is 5. The lowest BCUT2D eigenvalue weighted by molar-refractivity contribution is -0.192. The molecule has 3 aliphatic carbocycles. The van der Waals surface area contributed by atoms with E-state index in [4.69, 9.17) is 9.47 Å². The molecule has 3 aliphatic rings. The highest BCUT2D eigenvalue weighted by molar-refractivity contribution is 5.89. The van der Waals surface area contributed by atoms with Gasteiger partial charge in [-0.1, -0.05) is 48.5 Å². The maximum atomic E-state index is 12.7. The Hall–Kier alpha value is -2.17. The third-order valence-electron chi connectivity index (χ3n) is 7.35. The first kappa shape index (κ1) is 18.8. The van der Waals surface area contributed by atoms with E-state index in [1.807, 2.05) is 48.5 Å². The third kappa shape index (κ3) is 3.72. The summed E-state index contributed by atoms with van der Waals surface area (Å²) in [6.07, 6.45) is 4.04. The van der Waals surface area contributed by atoms with Crippen LogP contribution in [0.25, 0.3) is 0 Å². The summed E-state index contributed by atoms with van der Waals surface area (Å²) in [7, 11) is 0. The molecule has 152 valence electrons. The van der Waals surface area contributed by atoms with Crippen LogP contribution in [0.2, 0.25) is 0 Å². The topological polar surface area (TPSA) is 55.8 Å². The lowest BCUT2D eigenvalue weighted by atomic mass is 9.69. The molecule has 0 heterocycles. The van der Waals surface area contributed by atoms with Crippen molar-refractivity contribution < 1.29 is 19.4 Å². The zero-order valence-electron chi connectivity index (χ0n) is 16.5. The summed E-state index contributed by atoms with van der Waals surface area (Å²) in [6.45, 7) is 0. The van der Waals surface area contributed by atoms with Gasteiger partial charge >= 0.3 is 5.97 Å². The molecule has 5 unspecified atom stereocenters. The molecule has 3 saturated carbocycles. The number of hydrogen-bond donors (Lipinski definition) is 1. The zero-order chi connectivity index (χ0) is 19.8. The van der Waals surface area contributed by atoms with Crippen molar-refractivity contribution in [1.82, 2.24) is 0 Å². The van der Waals surface area contributed by atoms with Crippen LogP contribution in [-0.2, 0) is 9.47 Å². The van der Waals surface area contributed by atoms with Crippen molar-refractivity contribution in [3.05, 3.63) is 71.8 Å². The molecular weight excluding hydrogens is 364 g/mol. The van der Waals surface area contributed by atoms with Crippen LogP contribution in [0, 0.1) is 23.7 Å². The van der Waals surface area contributed by atoms with Crippen molar-refractivity contribution in [3.63, 3.8) is 0 Å². The maximum absolute atomic E-state index is 12.7. The van der Waals surface area contributed by atoms with E-state index in [-0.39, 0.29) is 18.2 Å². The molecule has 3 fully saturated rings. The zero-order valence-corrected chi connectivity index (χ0v) is 16.5. The SMILES string of the molecule is O=C(O[C@@H]1CC2C3CCC(C3)C2C[C@@H]1OC(O)c1ccccc1)c1ccccc1. The van der Waals surface area contributed by atoms with Gasteiger partial charge in [0.05, 0.1) is 11.7 Å². The first-order valence-electron chi connectivity index (χ1n) is 10.8. The Morgan fingerprint density at radius 3 is 2.07 bits per heavy atom. The molecular formula is C25H28O4. The number of aliphatic hydroxyl groups excluding tert-OH is 1. The average Bonchev–Trinajstić information content (AvgIpc) is 3.37. The average molecular weight is 392 g/mol. The number of aliphatic hydroxyl groups is 1. The standard InChI is InChI=1S/C25H28O4/c26-24(16-7-3-1-4-8-16)28-22-14-20-18-11-12-19(13-18)21(20)15-23(22)29-25(27)17-9-5-2-6-10-17/h1-10,18-24,26H,11-15H2/t18?,19?,20?,21?,22-,23+,24?/m0/s1. The first-order chi connectivity index (χ1) is 14.2. The molecule has 4 heteroatoms. The first-order valence-corrected chi connectivity index (χ1v) is 10.8. The van der Waals surface area contributed by atoms with Crippen LogP contribution >= 0.6 is 0 Å². The van der Waals surface area contributed by atoms with Crippen molar-refractivity contribution in [2.45, 2.75) is 50.6 Å². The summed E-state index contributed by atoms with van der Waals surface area (Å²) in [4.78, 5) is 12.7. The molecule has 2 aromatic rings. The van der Waals surface area contributed by atoms with Gasteiger partial charge in [0.1, 0.15) is 6.10 Å². The maximum Gasteiger partial charge on any atom is 0.338 e. The molecule has 2 aromatic carbocycles. The molecule has 0 aliphatic heterocycles. The highest BCUT2D eigenvalue weighted by Crippen LogP contribution is 2.58. The predicted molar refractivity (Wildman–Crippen MR) is 109 cm³/mol. The quantitative estimate of drug-likeness (QED) is 0.590. The smallest absolute Gasteiger partial charge is 0.338 e. The fourth-order valence-electron chi connectivity index (χ4n) is 6.01. The molecule has 0 saturated heterocycles. The number of rotatable bonds is 5. The van der Waals surface area contributed by atoms with Crippen LogP contribution in [0.3, 0.4) is 0 Å². The van der Waals surface area contributed by atoms with Crippen LogP contribution in [0.1, 0.15) is 54.3 Å². The van der Waals surface area contributed by atoms with Crippen LogP contribution < -0.4 is 0 Å². The molecule has 0 spiro atoms. The van der Waals surface area contributed by atoms with Crippen molar-refractivity contribution in [3.8, 4) is 0 Å². The summed E-state index contributed by atoms with van der Waals surface area (Å²) in [6, 6.07) is 18.6. The number of carbonyl (C=O) groups is 1. The molecule has 0 aromatic heterocycles. The van der Waals surface area contributed by atoms with Gasteiger partial charge in [-0.3, -0.25) is 0 Å². The Balaban J connectivity index is 1.34. The van der Waals surface area contributed by atoms with Gasteiger partial charge in [0.2, 0.25) is 0 Å². The number of benzene rings is 2. The molecule has 2 bridgehead atoms. The minimum absolute atomic E-state index is 0.279. The Morgan fingerprint density at radius 1 is 0.828 bits per heavy atom. The van der Waals surface area contributed by atoms with Gasteiger partial charge in [-0.05, 0) is 67.9 Å². The third-order valence-corrected chi connectivity index (χ3v) is 7.35. The van der Waals surface area contributed by atoms with E-state index < -0.39 is 6.29 Å². The fraction of sp³-hybridized carbons (Fsp3) is 0.480. The van der Waals surface area contributed by atoms with E-state index in [1.165, 1.54) is 19.3 Å². The molecule has 29 heavy (non-hydrogen) atoms. The molecule has 5 rings (SSSR count). The molecule has 7 atom stereocenters. The second-order valence-electron chi connectivity index (χ2n) is 8.88. The Bertz CT molecular complexity index is 836. The van der Waals surface area contributed by atoms with Gasteiger partial charge in [-0.15, -0.1) is 0 Å². The molecule has 4 nitrogen and oxygen atoms in total. The van der Waals surface area contributed by atoms with E-state index >= 15 is 0 Å². The normalized spacial score (nSPS) is 33.8. The van der Waals surface area contributed by atoms with E-state index in [9.17, 15) is 9.90 Å². The fourth-order valence-corrected chi connectivity index (χ4v) is 6.01. The molecule has 0 radical (unpaired) electrons. The summed E-state index contributed by atoms with van der Waals surface area (Å²) in [5.74, 6) is 2.49. The van der Waals surface area contributed by atoms with E-state index in [0.29, 0.717) is 17.4 Å². The summed E-state index contributed by atoms with van der Waals surface area (Å²) in [5.41, 5.74) is 1.29. The van der Waals surface area contributed by atoms with Gasteiger partial charge in [-0.25, -0.2) is 4.79 Å². The van der Waals surface area contributed by atoms with E-state index in [1.54, 1.807) is 12.1 Å². The minimum atomic E-state index is -1.01. The van der Waals surface area contributed by atoms with Crippen molar-refractivity contribution in [2.75, 3.05) is 0 Å². The Kier molecular flexibility index (Phi) is 5.15. The largest absolute Gasteiger partial charge is 0.456 e. The van der Waals surface area contributed by atoms with E-state index in [2.05, 4.69) is 0 Å². The van der Waals surface area contributed by atoms with Crippen molar-refractivity contribution >= 4 is 5.97 Å². The predicted octanol–water partition coefficient (Wildman–Crippen LogP) is 4.74. The lowest BCUT2D eigenvalue weighted by Gasteiger charge is -2.43. The second kappa shape index (κ2) is 7.92. The van der Waals surface area contributed by atoms with Gasteiger partial charge < -0.3 is 14.6 Å². The van der Waals surface area contributed by atoms with Crippen LogP contribution in [-0.4, -0.2) is 23.3 Å². The highest BCUT2D eigenvalue weighted by atomic mass is 16.6. The summed E-state index contributed by atoms with van der Waals surface area (Å²) in [5, 5.41) is 10.7. The Morgan fingerprint density at radius 2 is 1.41 bits per heavy atom. The Labute approximate surface area is 171 Å². The molecule has 1 N–H and O–H groups in total. The van der Waals surface area contributed by atoms with Crippen molar-refractivity contribution in [2.24, 2.45) is 23.7 Å². The lowest BCUT2D eigenvalue weighted by Crippen LogP contribution is -2.45. The number of carbonyl (C=O) groups excluding carboxylic acids is 1. The monoisotopic (exact) mass is 392 g/mol. The van der Waals surface area contributed by atoms with E-state index in [0.717, 1.165) is 30.2 Å². The van der Waals surface area contributed by atoms with Crippen LogP contribution in [0.5, 0.6) is 0 Å². The number of hydrogen-bond acceptors (Lipinski definition) is 4. The summed E-state index contributed by atoms with van der Waals surface area (Å²) < 4.78 is 12.1. The second-order valence-corrected chi connectivity index (χ2v) is 8.88. The van der Waals surface area contributed by atoms with Crippen molar-refractivity contribution in [1.29, 1.82) is 0 Å². The van der Waals surface area contributed by atoms with Gasteiger partial charge in [0.15, 0.2) is 6.29 Å². The number of ether oxygens (including phenoxy) is 2. The highest BCUT2D eigenvalue weighted by Gasteiger charge is 2.53. The summed E-state index contributed by atoms with van der Waals surface area (Å²) >= 11 is 0. The van der Waals surface area contributed by atoms with Gasteiger partial charge in [0, 0.05) is 5.56 Å². The van der Waals surface area contributed by atoms with Crippen LogP contribution in [0.15, 0.2) is 60.7 Å². The van der Waals surface area contributed by atoms with Crippen LogP contribution in [0.4, 0.5) is 0 Å². The number of esters is 1. The minimum Gasteiger partial charge on any atom is -0.456 e.